The first-order valence-electron chi connectivity index (χ1n) is 9.51. The van der Waals surface area contributed by atoms with Gasteiger partial charge in [-0.05, 0) is 60.7 Å². The largest absolute Gasteiger partial charge is 0.497 e. The summed E-state index contributed by atoms with van der Waals surface area (Å²) in [5.74, 6) is 0.751. The number of para-hydroxylation sites is 2. The number of carbonyl (C=O) groups is 2. The van der Waals surface area contributed by atoms with Crippen molar-refractivity contribution in [3.8, 4) is 11.5 Å². The molecule has 0 aliphatic rings. The van der Waals surface area contributed by atoms with Crippen LogP contribution in [0.4, 0.5) is 11.4 Å². The molecular weight excluding hydrogens is 396 g/mol. The lowest BCUT2D eigenvalue weighted by Gasteiger charge is -2.12. The van der Waals surface area contributed by atoms with E-state index in [1.54, 1.807) is 87.0 Å². The van der Waals surface area contributed by atoms with Crippen molar-refractivity contribution in [3.05, 3.63) is 84.1 Å². The zero-order chi connectivity index (χ0) is 21.8. The second kappa shape index (κ2) is 8.62. The van der Waals surface area contributed by atoms with Crippen LogP contribution < -0.4 is 20.1 Å². The molecule has 2 amide bonds. The van der Waals surface area contributed by atoms with Gasteiger partial charge in [-0.3, -0.25) is 9.59 Å². The van der Waals surface area contributed by atoms with Crippen LogP contribution in [-0.4, -0.2) is 26.0 Å². The second-order valence-electron chi connectivity index (χ2n) is 6.70. The van der Waals surface area contributed by atoms with E-state index >= 15 is 0 Å². The molecule has 0 spiro atoms. The first-order chi connectivity index (χ1) is 15.1. The Morgan fingerprint density at radius 3 is 2.00 bits per heavy atom. The van der Waals surface area contributed by atoms with E-state index in [1.807, 2.05) is 0 Å². The molecule has 1 aromatic heterocycles. The molecule has 156 valence electrons. The number of ether oxygens (including phenoxy) is 2. The van der Waals surface area contributed by atoms with Gasteiger partial charge in [0.05, 0.1) is 25.6 Å². The van der Waals surface area contributed by atoms with Crippen LogP contribution in [0.25, 0.3) is 11.0 Å². The highest BCUT2D eigenvalue weighted by atomic mass is 16.5. The maximum atomic E-state index is 12.8. The molecule has 2 N–H and O–H groups in total. The Morgan fingerprint density at radius 1 is 0.742 bits per heavy atom. The number of nitrogens with one attached hydrogen (secondary N) is 2. The second-order valence-corrected chi connectivity index (χ2v) is 6.70. The molecule has 1 heterocycles. The number of rotatable bonds is 6. The van der Waals surface area contributed by atoms with Crippen LogP contribution in [0.15, 0.2) is 77.2 Å². The topological polar surface area (TPSA) is 89.8 Å². The fourth-order valence-electron chi connectivity index (χ4n) is 3.08. The average molecular weight is 416 g/mol. The fourth-order valence-corrected chi connectivity index (χ4v) is 3.08. The third-order valence-corrected chi connectivity index (χ3v) is 4.72. The summed E-state index contributed by atoms with van der Waals surface area (Å²) in [5, 5.41) is 6.37. The van der Waals surface area contributed by atoms with Gasteiger partial charge in [-0.15, -0.1) is 0 Å². The summed E-state index contributed by atoms with van der Waals surface area (Å²) < 4.78 is 16.0. The van der Waals surface area contributed by atoms with Gasteiger partial charge >= 0.3 is 0 Å². The zero-order valence-corrected chi connectivity index (χ0v) is 17.0. The van der Waals surface area contributed by atoms with Gasteiger partial charge < -0.3 is 24.5 Å². The van der Waals surface area contributed by atoms with Gasteiger partial charge in [0.2, 0.25) is 0 Å². The molecule has 0 radical (unpaired) electrons. The molecule has 7 heteroatoms. The summed E-state index contributed by atoms with van der Waals surface area (Å²) in [7, 11) is 3.14. The van der Waals surface area contributed by atoms with Crippen molar-refractivity contribution in [1.29, 1.82) is 0 Å². The van der Waals surface area contributed by atoms with Gasteiger partial charge in [0.25, 0.3) is 11.8 Å². The highest BCUT2D eigenvalue weighted by Gasteiger charge is 2.16. The Kier molecular flexibility index (Phi) is 5.57. The molecule has 4 rings (SSSR count). The quantitative estimate of drug-likeness (QED) is 0.464. The van der Waals surface area contributed by atoms with E-state index in [4.69, 9.17) is 13.9 Å². The number of amides is 2. The molecule has 31 heavy (non-hydrogen) atoms. The van der Waals surface area contributed by atoms with E-state index in [0.29, 0.717) is 34.0 Å². The zero-order valence-electron chi connectivity index (χ0n) is 17.0. The minimum absolute atomic E-state index is 0.152. The first kappa shape index (κ1) is 20.0. The minimum Gasteiger partial charge on any atom is -0.497 e. The molecule has 4 aromatic rings. The Labute approximate surface area is 178 Å². The van der Waals surface area contributed by atoms with Crippen molar-refractivity contribution >= 4 is 34.2 Å². The van der Waals surface area contributed by atoms with E-state index in [-0.39, 0.29) is 11.7 Å². The molecule has 0 saturated carbocycles. The smallest absolute Gasteiger partial charge is 0.291 e. The number of hydrogen-bond donors (Lipinski definition) is 2. The van der Waals surface area contributed by atoms with E-state index < -0.39 is 5.91 Å². The molecular formula is C24H20N2O5. The summed E-state index contributed by atoms with van der Waals surface area (Å²) in [6.45, 7) is 0. The average Bonchev–Trinajstić information content (AvgIpc) is 3.24. The predicted molar refractivity (Wildman–Crippen MR) is 118 cm³/mol. The van der Waals surface area contributed by atoms with E-state index in [2.05, 4.69) is 10.6 Å². The molecule has 3 aromatic carbocycles. The van der Waals surface area contributed by atoms with E-state index in [9.17, 15) is 9.59 Å². The maximum absolute atomic E-state index is 12.8. The molecule has 0 aliphatic carbocycles. The van der Waals surface area contributed by atoms with Crippen LogP contribution in [-0.2, 0) is 0 Å². The van der Waals surface area contributed by atoms with Crippen molar-refractivity contribution < 1.29 is 23.5 Å². The highest BCUT2D eigenvalue weighted by molar-refractivity contribution is 6.10. The SMILES string of the molecule is COc1ccc(C(=O)Nc2ccccc2NC(=O)c2cc3cc(OC)ccc3o2)cc1. The minimum atomic E-state index is -0.429. The van der Waals surface area contributed by atoms with Crippen molar-refractivity contribution in [3.63, 3.8) is 0 Å². The highest BCUT2D eigenvalue weighted by Crippen LogP contribution is 2.27. The third kappa shape index (κ3) is 4.35. The summed E-state index contributed by atoms with van der Waals surface area (Å²) in [6.07, 6.45) is 0. The van der Waals surface area contributed by atoms with Gasteiger partial charge in [0.1, 0.15) is 17.1 Å². The summed E-state index contributed by atoms with van der Waals surface area (Å²) in [4.78, 5) is 25.4. The van der Waals surface area contributed by atoms with Crippen LogP contribution in [0.2, 0.25) is 0 Å². The number of methoxy groups -OCH3 is 2. The van der Waals surface area contributed by atoms with Gasteiger partial charge in [-0.2, -0.15) is 0 Å². The van der Waals surface area contributed by atoms with Crippen LogP contribution >= 0.6 is 0 Å². The summed E-state index contributed by atoms with van der Waals surface area (Å²) in [5.41, 5.74) is 1.96. The third-order valence-electron chi connectivity index (χ3n) is 4.72. The van der Waals surface area contributed by atoms with E-state index in [0.717, 1.165) is 5.39 Å². The van der Waals surface area contributed by atoms with Crippen molar-refractivity contribution in [2.75, 3.05) is 24.9 Å². The molecule has 0 atom stereocenters. The molecule has 0 fully saturated rings. The Morgan fingerprint density at radius 2 is 1.35 bits per heavy atom. The first-order valence-corrected chi connectivity index (χ1v) is 9.51. The van der Waals surface area contributed by atoms with E-state index in [1.165, 1.54) is 0 Å². The lowest BCUT2D eigenvalue weighted by atomic mass is 10.2. The summed E-state index contributed by atoms with van der Waals surface area (Å²) in [6, 6.07) is 20.6. The monoisotopic (exact) mass is 416 g/mol. The molecule has 0 aliphatic heterocycles. The lowest BCUT2D eigenvalue weighted by molar-refractivity contribution is 0.0995. The van der Waals surface area contributed by atoms with Crippen LogP contribution in [0.3, 0.4) is 0 Å². The number of benzene rings is 3. The number of furan rings is 1. The maximum Gasteiger partial charge on any atom is 0.291 e. The Balaban J connectivity index is 1.52. The Bertz CT molecular complexity index is 1240. The van der Waals surface area contributed by atoms with Crippen LogP contribution in [0.5, 0.6) is 11.5 Å². The number of hydrogen-bond acceptors (Lipinski definition) is 5. The van der Waals surface area contributed by atoms with Gasteiger partial charge in [0, 0.05) is 10.9 Å². The number of carbonyl (C=O) groups excluding carboxylic acids is 2. The fraction of sp³-hybridized carbons (Fsp3) is 0.0833. The normalized spacial score (nSPS) is 10.5. The van der Waals surface area contributed by atoms with Crippen molar-refractivity contribution in [1.82, 2.24) is 0 Å². The number of fused-ring (bicyclic) bond motifs is 1. The standard InChI is InChI=1S/C24H20N2O5/c1-29-17-9-7-15(8-10-17)23(27)25-19-5-3-4-6-20(19)26-24(28)22-14-16-13-18(30-2)11-12-21(16)31-22/h3-14H,1-2H3,(H,25,27)(H,26,28). The van der Waals surface area contributed by atoms with Gasteiger partial charge in [-0.1, -0.05) is 12.1 Å². The molecule has 7 nitrogen and oxygen atoms in total. The molecule has 0 bridgehead atoms. The predicted octanol–water partition coefficient (Wildman–Crippen LogP) is 4.95. The van der Waals surface area contributed by atoms with Crippen molar-refractivity contribution in [2.24, 2.45) is 0 Å². The molecule has 0 saturated heterocycles. The Hall–Kier alpha value is -4.26. The van der Waals surface area contributed by atoms with Crippen LogP contribution in [0, 0.1) is 0 Å². The van der Waals surface area contributed by atoms with Gasteiger partial charge in [0.15, 0.2) is 5.76 Å². The van der Waals surface area contributed by atoms with Crippen molar-refractivity contribution in [2.45, 2.75) is 0 Å². The van der Waals surface area contributed by atoms with Gasteiger partial charge in [-0.25, -0.2) is 0 Å². The molecule has 0 unspecified atom stereocenters. The van der Waals surface area contributed by atoms with Crippen LogP contribution in [0.1, 0.15) is 20.9 Å². The summed E-state index contributed by atoms with van der Waals surface area (Å²) >= 11 is 0. The lowest BCUT2D eigenvalue weighted by Crippen LogP contribution is -2.16. The number of anilines is 2.